The number of primary sulfonamides is 1. The molecule has 116 valence electrons. The summed E-state index contributed by atoms with van der Waals surface area (Å²) >= 11 is 0. The maximum Gasteiger partial charge on any atom is 0.251 e. The summed E-state index contributed by atoms with van der Waals surface area (Å²) in [5.74, 6) is -0.298. The van der Waals surface area contributed by atoms with E-state index in [1.54, 1.807) is 6.07 Å². The molecule has 1 fully saturated rings. The lowest BCUT2D eigenvalue weighted by Gasteiger charge is -2.10. The van der Waals surface area contributed by atoms with E-state index in [9.17, 15) is 13.2 Å². The van der Waals surface area contributed by atoms with E-state index in [2.05, 4.69) is 19.2 Å². The van der Waals surface area contributed by atoms with Crippen molar-refractivity contribution < 1.29 is 17.9 Å². The Morgan fingerprint density at radius 3 is 2.52 bits per heavy atom. The molecular weight excluding hydrogens is 292 g/mol. The van der Waals surface area contributed by atoms with Gasteiger partial charge < -0.3 is 10.1 Å². The number of sulfonamides is 1. The summed E-state index contributed by atoms with van der Waals surface area (Å²) in [5.41, 5.74) is 0.961. The summed E-state index contributed by atoms with van der Waals surface area (Å²) in [5, 5.41) is 8.04. The number of methoxy groups -OCH3 is 1. The molecule has 1 aliphatic rings. The molecule has 1 saturated carbocycles. The minimum atomic E-state index is -3.87. The minimum Gasteiger partial charge on any atom is -0.380 e. The van der Waals surface area contributed by atoms with Crippen LogP contribution in [0.3, 0.4) is 0 Å². The van der Waals surface area contributed by atoms with Crippen LogP contribution < -0.4 is 10.5 Å². The van der Waals surface area contributed by atoms with E-state index in [-0.39, 0.29) is 34.4 Å². The van der Waals surface area contributed by atoms with E-state index in [0.29, 0.717) is 5.56 Å². The van der Waals surface area contributed by atoms with Crippen LogP contribution in [0.1, 0.15) is 36.2 Å². The van der Waals surface area contributed by atoms with Crippen LogP contribution in [-0.2, 0) is 21.4 Å². The fourth-order valence-corrected chi connectivity index (χ4v) is 2.77. The molecule has 21 heavy (non-hydrogen) atoms. The molecule has 3 N–H and O–H groups in total. The number of hydrogen-bond donors (Lipinski definition) is 2. The third-order valence-electron chi connectivity index (χ3n) is 3.69. The van der Waals surface area contributed by atoms with Gasteiger partial charge >= 0.3 is 0 Å². The van der Waals surface area contributed by atoms with Crippen molar-refractivity contribution in [2.24, 2.45) is 10.6 Å². The molecule has 1 aromatic carbocycles. The van der Waals surface area contributed by atoms with Gasteiger partial charge in [0.05, 0.1) is 11.5 Å². The van der Waals surface area contributed by atoms with Crippen LogP contribution in [-0.4, -0.2) is 27.5 Å². The summed E-state index contributed by atoms with van der Waals surface area (Å²) < 4.78 is 28.0. The van der Waals surface area contributed by atoms with Crippen molar-refractivity contribution >= 4 is 15.9 Å². The molecule has 0 heterocycles. The van der Waals surface area contributed by atoms with Gasteiger partial charge in [0, 0.05) is 18.7 Å². The molecule has 1 aliphatic carbocycles. The van der Waals surface area contributed by atoms with E-state index >= 15 is 0 Å². The lowest BCUT2D eigenvalue weighted by Crippen LogP contribution is -2.28. The van der Waals surface area contributed by atoms with Crippen LogP contribution >= 0.6 is 0 Å². The fourth-order valence-electron chi connectivity index (χ4n) is 2.16. The van der Waals surface area contributed by atoms with Crippen LogP contribution in [0.15, 0.2) is 23.1 Å². The van der Waals surface area contributed by atoms with Gasteiger partial charge in [0.15, 0.2) is 0 Å². The van der Waals surface area contributed by atoms with Crippen LogP contribution in [0.5, 0.6) is 0 Å². The zero-order chi connectivity index (χ0) is 15.8. The lowest BCUT2D eigenvalue weighted by molar-refractivity contribution is 0.0945. The van der Waals surface area contributed by atoms with Crippen LogP contribution in [0.2, 0.25) is 0 Å². The highest BCUT2D eigenvalue weighted by molar-refractivity contribution is 7.89. The third-order valence-corrected chi connectivity index (χ3v) is 4.58. The van der Waals surface area contributed by atoms with Crippen molar-refractivity contribution in [3.05, 3.63) is 29.3 Å². The largest absolute Gasteiger partial charge is 0.380 e. The second-order valence-electron chi connectivity index (χ2n) is 6.06. The Morgan fingerprint density at radius 1 is 1.43 bits per heavy atom. The molecule has 1 atom stereocenters. The topological polar surface area (TPSA) is 98.5 Å². The molecule has 2 rings (SSSR count). The smallest absolute Gasteiger partial charge is 0.251 e. The van der Waals surface area contributed by atoms with Gasteiger partial charge in [-0.25, -0.2) is 13.6 Å². The zero-order valence-corrected chi connectivity index (χ0v) is 13.2. The molecule has 0 saturated heterocycles. The highest BCUT2D eigenvalue weighted by atomic mass is 32.2. The molecule has 0 bridgehead atoms. The molecule has 0 aromatic heterocycles. The van der Waals surface area contributed by atoms with E-state index in [4.69, 9.17) is 9.88 Å². The van der Waals surface area contributed by atoms with Gasteiger partial charge in [-0.1, -0.05) is 13.8 Å². The quantitative estimate of drug-likeness (QED) is 0.847. The summed E-state index contributed by atoms with van der Waals surface area (Å²) in [6, 6.07) is 4.44. The zero-order valence-electron chi connectivity index (χ0n) is 12.3. The van der Waals surface area contributed by atoms with Crippen molar-refractivity contribution in [2.75, 3.05) is 7.11 Å². The SMILES string of the molecule is COCc1cc(C(=O)NC2CC2(C)C)cc(S(N)(=O)=O)c1. The first-order chi connectivity index (χ1) is 9.63. The summed E-state index contributed by atoms with van der Waals surface area (Å²) in [7, 11) is -2.37. The van der Waals surface area contributed by atoms with Gasteiger partial charge in [0.2, 0.25) is 10.0 Å². The number of carbonyl (C=O) groups excluding carboxylic acids is 1. The predicted octanol–water partition coefficient (Wildman–Crippen LogP) is 1.01. The average Bonchev–Trinajstić information content (AvgIpc) is 2.95. The van der Waals surface area contributed by atoms with Crippen LogP contribution in [0, 0.1) is 5.41 Å². The number of hydrogen-bond acceptors (Lipinski definition) is 4. The van der Waals surface area contributed by atoms with Crippen molar-refractivity contribution in [3.8, 4) is 0 Å². The van der Waals surface area contributed by atoms with E-state index in [1.165, 1.54) is 19.2 Å². The molecule has 1 unspecified atom stereocenters. The Morgan fingerprint density at radius 2 is 2.05 bits per heavy atom. The maximum atomic E-state index is 12.2. The Hall–Kier alpha value is -1.44. The monoisotopic (exact) mass is 312 g/mol. The van der Waals surface area contributed by atoms with E-state index in [1.807, 2.05) is 0 Å². The van der Waals surface area contributed by atoms with Crippen LogP contribution in [0.25, 0.3) is 0 Å². The first-order valence-electron chi connectivity index (χ1n) is 6.60. The molecule has 0 radical (unpaired) electrons. The van der Waals surface area contributed by atoms with Gasteiger partial charge in [-0.05, 0) is 35.6 Å². The van der Waals surface area contributed by atoms with Gasteiger partial charge in [-0.2, -0.15) is 0 Å². The van der Waals surface area contributed by atoms with Crippen molar-refractivity contribution in [3.63, 3.8) is 0 Å². The second-order valence-corrected chi connectivity index (χ2v) is 7.62. The van der Waals surface area contributed by atoms with Gasteiger partial charge in [-0.3, -0.25) is 4.79 Å². The van der Waals surface area contributed by atoms with Gasteiger partial charge in [0.1, 0.15) is 0 Å². The van der Waals surface area contributed by atoms with Gasteiger partial charge in [0.25, 0.3) is 5.91 Å². The molecule has 0 aliphatic heterocycles. The minimum absolute atomic E-state index is 0.0859. The van der Waals surface area contributed by atoms with E-state index < -0.39 is 10.0 Å². The third kappa shape index (κ3) is 3.81. The average molecular weight is 312 g/mol. The first kappa shape index (κ1) is 15.9. The number of nitrogens with two attached hydrogens (primary N) is 1. The Kier molecular flexibility index (Phi) is 4.10. The lowest BCUT2D eigenvalue weighted by atomic mass is 10.1. The molecule has 0 spiro atoms. The molecule has 1 amide bonds. The Balaban J connectivity index is 2.29. The molecular formula is C14H20N2O4S. The number of carbonyl (C=O) groups is 1. The van der Waals surface area contributed by atoms with E-state index in [0.717, 1.165) is 6.42 Å². The number of benzene rings is 1. The number of nitrogens with one attached hydrogen (secondary N) is 1. The maximum absolute atomic E-state index is 12.2. The molecule has 1 aromatic rings. The normalized spacial score (nSPS) is 20.1. The Bertz CT molecular complexity index is 668. The Labute approximate surface area is 124 Å². The first-order valence-corrected chi connectivity index (χ1v) is 8.15. The van der Waals surface area contributed by atoms with Crippen LogP contribution in [0.4, 0.5) is 0 Å². The summed E-state index contributed by atoms with van der Waals surface area (Å²) in [4.78, 5) is 12.1. The van der Waals surface area contributed by atoms with Crippen molar-refractivity contribution in [1.29, 1.82) is 0 Å². The number of amides is 1. The highest BCUT2D eigenvalue weighted by Gasteiger charge is 2.46. The van der Waals surface area contributed by atoms with Crippen molar-refractivity contribution in [1.82, 2.24) is 5.32 Å². The predicted molar refractivity (Wildman–Crippen MR) is 78.2 cm³/mol. The van der Waals surface area contributed by atoms with Gasteiger partial charge in [-0.15, -0.1) is 0 Å². The number of rotatable bonds is 5. The number of ether oxygens (including phenoxy) is 1. The summed E-state index contributed by atoms with van der Waals surface area (Å²) in [6.07, 6.45) is 0.915. The molecule has 7 heteroatoms. The summed E-state index contributed by atoms with van der Waals surface area (Å²) in [6.45, 7) is 4.34. The standard InChI is InChI=1S/C14H20N2O4S/c1-14(2)7-12(14)16-13(17)10-4-9(8-20-3)5-11(6-10)21(15,18)19/h4-6,12H,7-8H2,1-3H3,(H,16,17)(H2,15,18,19). The second kappa shape index (κ2) is 5.40. The fraction of sp³-hybridized carbons (Fsp3) is 0.500. The highest BCUT2D eigenvalue weighted by Crippen LogP contribution is 2.44. The molecule has 6 nitrogen and oxygen atoms in total. The van der Waals surface area contributed by atoms with Crippen molar-refractivity contribution in [2.45, 2.75) is 37.8 Å².